The average Bonchev–Trinajstić information content (AvgIpc) is 3.45. The highest BCUT2D eigenvalue weighted by atomic mass is 32.1. The molecule has 0 radical (unpaired) electrons. The van der Waals surface area contributed by atoms with Gasteiger partial charge in [0.25, 0.3) is 11.8 Å². The summed E-state index contributed by atoms with van der Waals surface area (Å²) >= 11 is 1.25. The predicted octanol–water partition coefficient (Wildman–Crippen LogP) is 5.90. The number of benzene rings is 2. The van der Waals surface area contributed by atoms with Gasteiger partial charge in [-0.05, 0) is 59.6 Å². The van der Waals surface area contributed by atoms with E-state index in [0.717, 1.165) is 18.4 Å². The second kappa shape index (κ2) is 14.0. The van der Waals surface area contributed by atoms with Gasteiger partial charge in [0.2, 0.25) is 5.91 Å². The molecule has 1 fully saturated rings. The van der Waals surface area contributed by atoms with Crippen LogP contribution in [0.25, 0.3) is 0 Å². The first kappa shape index (κ1) is 32.0. The molecular weight excluding hydrogens is 564 g/mol. The SMILES string of the molecule is COc1cc(COc2cnc(NC(=O)c3ccc(CCC(C)C(C)(C)C)cc3)s2)ccc1C(=O)N1CCN(C(C)=O)CC1. The summed E-state index contributed by atoms with van der Waals surface area (Å²) in [5.74, 6) is 0.746. The summed E-state index contributed by atoms with van der Waals surface area (Å²) in [5.41, 5.74) is 3.37. The van der Waals surface area contributed by atoms with Gasteiger partial charge in [-0.15, -0.1) is 0 Å². The zero-order valence-corrected chi connectivity index (χ0v) is 26.8. The van der Waals surface area contributed by atoms with Crippen LogP contribution in [0.2, 0.25) is 0 Å². The van der Waals surface area contributed by atoms with E-state index in [1.54, 1.807) is 35.1 Å². The van der Waals surface area contributed by atoms with Crippen LogP contribution in [0.3, 0.4) is 0 Å². The lowest BCUT2D eigenvalue weighted by molar-refractivity contribution is -0.130. The molecular formula is C33H42N4O5S. The van der Waals surface area contributed by atoms with E-state index in [0.29, 0.717) is 59.2 Å². The third-order valence-corrected chi connectivity index (χ3v) is 8.98. The van der Waals surface area contributed by atoms with Gasteiger partial charge in [-0.25, -0.2) is 4.98 Å². The van der Waals surface area contributed by atoms with Crippen molar-refractivity contribution in [3.05, 3.63) is 70.9 Å². The van der Waals surface area contributed by atoms with Gasteiger partial charge in [0, 0.05) is 38.7 Å². The number of nitrogens with one attached hydrogen (secondary N) is 1. The number of piperazine rings is 1. The van der Waals surface area contributed by atoms with Crippen LogP contribution < -0.4 is 14.8 Å². The maximum atomic E-state index is 13.1. The van der Waals surface area contributed by atoms with Crippen molar-refractivity contribution in [2.75, 3.05) is 38.6 Å². The Hall–Kier alpha value is -3.92. The van der Waals surface area contributed by atoms with Gasteiger partial charge in [0.15, 0.2) is 10.2 Å². The van der Waals surface area contributed by atoms with Gasteiger partial charge in [0.1, 0.15) is 12.4 Å². The Bertz CT molecular complexity index is 1420. The number of hydrogen-bond donors (Lipinski definition) is 1. The van der Waals surface area contributed by atoms with Gasteiger partial charge in [-0.2, -0.15) is 0 Å². The number of thiazole rings is 1. The first-order valence-corrected chi connectivity index (χ1v) is 15.5. The minimum atomic E-state index is -0.219. The number of carbonyl (C=O) groups is 3. The van der Waals surface area contributed by atoms with Crippen LogP contribution in [-0.2, 0) is 17.8 Å². The molecule has 4 rings (SSSR count). The number of nitrogens with zero attached hydrogens (tertiary/aromatic N) is 3. The van der Waals surface area contributed by atoms with Gasteiger partial charge < -0.3 is 19.3 Å². The quantitative estimate of drug-likeness (QED) is 0.308. The molecule has 1 atom stereocenters. The second-order valence-electron chi connectivity index (χ2n) is 12.1. The Morgan fingerprint density at radius 2 is 1.65 bits per heavy atom. The number of aryl methyl sites for hydroxylation is 1. The fraction of sp³-hybridized carbons (Fsp3) is 0.455. The molecule has 1 saturated heterocycles. The Labute approximate surface area is 258 Å². The van der Waals surface area contributed by atoms with Crippen LogP contribution in [0.4, 0.5) is 5.13 Å². The molecule has 1 aliphatic rings. The van der Waals surface area contributed by atoms with E-state index in [1.807, 2.05) is 30.3 Å². The maximum absolute atomic E-state index is 13.1. The molecule has 0 bridgehead atoms. The van der Waals surface area contributed by atoms with Gasteiger partial charge in [0.05, 0.1) is 18.9 Å². The number of amides is 3. The summed E-state index contributed by atoms with van der Waals surface area (Å²) < 4.78 is 11.4. The smallest absolute Gasteiger partial charge is 0.257 e. The molecule has 2 aromatic carbocycles. The lowest BCUT2D eigenvalue weighted by atomic mass is 9.79. The summed E-state index contributed by atoms with van der Waals surface area (Å²) in [6, 6.07) is 13.1. The van der Waals surface area contributed by atoms with Gasteiger partial charge in [-0.1, -0.05) is 57.2 Å². The van der Waals surface area contributed by atoms with Crippen LogP contribution in [0, 0.1) is 11.3 Å². The molecule has 1 aromatic heterocycles. The zero-order chi connectivity index (χ0) is 31.1. The van der Waals surface area contributed by atoms with Crippen LogP contribution >= 0.6 is 11.3 Å². The zero-order valence-electron chi connectivity index (χ0n) is 25.9. The molecule has 2 heterocycles. The summed E-state index contributed by atoms with van der Waals surface area (Å²) in [6.45, 7) is 12.9. The number of hydrogen-bond acceptors (Lipinski definition) is 7. The molecule has 9 nitrogen and oxygen atoms in total. The molecule has 10 heteroatoms. The molecule has 1 N–H and O–H groups in total. The summed E-state index contributed by atoms with van der Waals surface area (Å²) in [4.78, 5) is 45.2. The molecule has 1 unspecified atom stereocenters. The highest BCUT2D eigenvalue weighted by molar-refractivity contribution is 7.17. The first-order chi connectivity index (χ1) is 20.4. The Morgan fingerprint density at radius 3 is 2.28 bits per heavy atom. The van der Waals surface area contributed by atoms with E-state index < -0.39 is 0 Å². The number of ether oxygens (including phenoxy) is 2. The molecule has 0 spiro atoms. The maximum Gasteiger partial charge on any atom is 0.257 e. The molecule has 43 heavy (non-hydrogen) atoms. The van der Waals surface area contributed by atoms with Gasteiger partial charge in [-0.3, -0.25) is 19.7 Å². The summed E-state index contributed by atoms with van der Waals surface area (Å²) in [7, 11) is 1.53. The van der Waals surface area contributed by atoms with Gasteiger partial charge >= 0.3 is 0 Å². The fourth-order valence-corrected chi connectivity index (χ4v) is 5.41. The topological polar surface area (TPSA) is 101 Å². The first-order valence-electron chi connectivity index (χ1n) is 14.6. The molecule has 0 aliphatic carbocycles. The largest absolute Gasteiger partial charge is 0.496 e. The highest BCUT2D eigenvalue weighted by Crippen LogP contribution is 2.30. The normalized spacial score (nSPS) is 14.3. The van der Waals surface area contributed by atoms with E-state index in [2.05, 4.69) is 38.0 Å². The second-order valence-corrected chi connectivity index (χ2v) is 13.1. The number of aromatic nitrogens is 1. The van der Waals surface area contributed by atoms with Crippen LogP contribution in [0.1, 0.15) is 72.9 Å². The number of methoxy groups -OCH3 is 1. The van der Waals surface area contributed by atoms with Crippen molar-refractivity contribution in [3.63, 3.8) is 0 Å². The minimum Gasteiger partial charge on any atom is -0.496 e. The Balaban J connectivity index is 1.28. The van der Waals surface area contributed by atoms with E-state index in [9.17, 15) is 14.4 Å². The average molecular weight is 607 g/mol. The summed E-state index contributed by atoms with van der Waals surface area (Å²) in [6.07, 6.45) is 3.67. The van der Waals surface area contributed by atoms with E-state index in [1.165, 1.54) is 24.0 Å². The van der Waals surface area contributed by atoms with Crippen molar-refractivity contribution in [1.29, 1.82) is 0 Å². The number of carbonyl (C=O) groups excluding carboxylic acids is 3. The van der Waals surface area contributed by atoms with Crippen molar-refractivity contribution in [2.24, 2.45) is 11.3 Å². The summed E-state index contributed by atoms with van der Waals surface area (Å²) in [5, 5.41) is 3.86. The minimum absolute atomic E-state index is 0.0198. The van der Waals surface area contributed by atoms with E-state index >= 15 is 0 Å². The van der Waals surface area contributed by atoms with Crippen LogP contribution in [0.5, 0.6) is 10.8 Å². The number of rotatable bonds is 10. The third-order valence-electron chi connectivity index (χ3n) is 8.16. The molecule has 1 aliphatic heterocycles. The lowest BCUT2D eigenvalue weighted by Gasteiger charge is -2.34. The van der Waals surface area contributed by atoms with E-state index in [-0.39, 0.29) is 29.7 Å². The fourth-order valence-electron chi connectivity index (χ4n) is 4.74. The highest BCUT2D eigenvalue weighted by Gasteiger charge is 2.25. The molecule has 230 valence electrons. The molecule has 0 saturated carbocycles. The Morgan fingerprint density at radius 1 is 1.00 bits per heavy atom. The third kappa shape index (κ3) is 8.56. The van der Waals surface area contributed by atoms with Crippen molar-refractivity contribution in [3.8, 4) is 10.8 Å². The van der Waals surface area contributed by atoms with E-state index in [4.69, 9.17) is 9.47 Å². The number of anilines is 1. The standard InChI is InChI=1S/C33H42N4O5S/c1-22(33(3,4)5)7-8-24-9-12-26(13-10-24)30(39)35-32-34-20-29(43-32)42-21-25-11-14-27(28(19-25)41-6)31(40)37-17-15-36(16-18-37)23(2)38/h9-14,19-20,22H,7-8,15-18,21H2,1-6H3,(H,34,35,39). The van der Waals surface area contributed by atoms with Crippen molar-refractivity contribution in [1.82, 2.24) is 14.8 Å². The van der Waals surface area contributed by atoms with Crippen LogP contribution in [-0.4, -0.2) is 65.8 Å². The van der Waals surface area contributed by atoms with Crippen molar-refractivity contribution >= 4 is 34.2 Å². The predicted molar refractivity (Wildman–Crippen MR) is 169 cm³/mol. The lowest BCUT2D eigenvalue weighted by Crippen LogP contribution is -2.50. The van der Waals surface area contributed by atoms with Crippen LogP contribution in [0.15, 0.2) is 48.7 Å². The Kier molecular flexibility index (Phi) is 10.4. The monoisotopic (exact) mass is 606 g/mol. The van der Waals surface area contributed by atoms with Crippen molar-refractivity contribution in [2.45, 2.75) is 54.1 Å². The molecule has 3 amide bonds. The molecule has 3 aromatic rings. The van der Waals surface area contributed by atoms with Crippen molar-refractivity contribution < 1.29 is 23.9 Å².